The second-order valence-corrected chi connectivity index (χ2v) is 8.00. The number of hydrogen-bond donors (Lipinski definition) is 2. The van der Waals surface area contributed by atoms with Gasteiger partial charge in [-0.1, -0.05) is 30.3 Å². The number of benzene rings is 1. The van der Waals surface area contributed by atoms with E-state index in [1.165, 1.54) is 4.68 Å². The molecular formula is C18H21N5O4S. The summed E-state index contributed by atoms with van der Waals surface area (Å²) < 4.78 is 29.8. The van der Waals surface area contributed by atoms with E-state index in [9.17, 15) is 13.2 Å². The zero-order valence-corrected chi connectivity index (χ0v) is 16.5. The van der Waals surface area contributed by atoms with Crippen molar-refractivity contribution < 1.29 is 17.4 Å². The molecule has 0 saturated carbocycles. The first kappa shape index (κ1) is 19.8. The summed E-state index contributed by atoms with van der Waals surface area (Å²) in [5, 5.41) is 10.3. The van der Waals surface area contributed by atoms with Gasteiger partial charge < -0.3 is 5.32 Å². The highest BCUT2D eigenvalue weighted by atomic mass is 32.2. The van der Waals surface area contributed by atoms with E-state index >= 15 is 0 Å². The van der Waals surface area contributed by atoms with Crippen molar-refractivity contribution in [1.29, 1.82) is 0 Å². The van der Waals surface area contributed by atoms with E-state index in [2.05, 4.69) is 24.9 Å². The van der Waals surface area contributed by atoms with Crippen molar-refractivity contribution in [3.63, 3.8) is 0 Å². The fourth-order valence-corrected chi connectivity index (χ4v) is 3.51. The van der Waals surface area contributed by atoms with Crippen LogP contribution in [0.1, 0.15) is 24.2 Å². The highest BCUT2D eigenvalue weighted by molar-refractivity contribution is 7.85. The molecule has 0 radical (unpaired) electrons. The van der Waals surface area contributed by atoms with Gasteiger partial charge in [-0.2, -0.15) is 13.5 Å². The number of hydrogen-bond acceptors (Lipinski definition) is 6. The molecule has 0 fully saturated rings. The molecule has 3 aromatic rings. The predicted molar refractivity (Wildman–Crippen MR) is 105 cm³/mol. The number of aromatic nitrogens is 3. The lowest BCUT2D eigenvalue weighted by Gasteiger charge is -2.15. The lowest BCUT2D eigenvalue weighted by Crippen LogP contribution is -2.31. The third-order valence-corrected chi connectivity index (χ3v) is 5.38. The highest BCUT2D eigenvalue weighted by Crippen LogP contribution is 2.22. The maximum Gasteiger partial charge on any atom is 0.320 e. The van der Waals surface area contributed by atoms with Crippen molar-refractivity contribution in [1.82, 2.24) is 20.1 Å². The molecule has 2 N–H and O–H groups in total. The molecule has 2 heterocycles. The van der Waals surface area contributed by atoms with Gasteiger partial charge in [0, 0.05) is 12.4 Å². The SMILES string of the molecule is COS(=O)(=O)Cc1nc(NC(=O)NC(C)c2ccccc2)cc2cnn(C)c12. The number of rotatable bonds is 6. The van der Waals surface area contributed by atoms with Gasteiger partial charge >= 0.3 is 6.03 Å². The summed E-state index contributed by atoms with van der Waals surface area (Å²) in [7, 11) is -1.01. The Morgan fingerprint density at radius 1 is 1.29 bits per heavy atom. The van der Waals surface area contributed by atoms with Gasteiger partial charge in [-0.05, 0) is 18.6 Å². The summed E-state index contributed by atoms with van der Waals surface area (Å²) in [6.45, 7) is 1.86. The molecule has 0 saturated heterocycles. The average Bonchev–Trinajstić information content (AvgIpc) is 3.03. The molecule has 1 aromatic carbocycles. The first-order valence-corrected chi connectivity index (χ1v) is 10.1. The van der Waals surface area contributed by atoms with Crippen LogP contribution in [0, 0.1) is 0 Å². The Balaban J connectivity index is 1.84. The molecule has 10 heteroatoms. The van der Waals surface area contributed by atoms with Crippen molar-refractivity contribution in [3.05, 3.63) is 53.9 Å². The van der Waals surface area contributed by atoms with Crippen LogP contribution < -0.4 is 10.6 Å². The van der Waals surface area contributed by atoms with Gasteiger partial charge in [-0.15, -0.1) is 0 Å². The van der Waals surface area contributed by atoms with Crippen LogP contribution in [0.25, 0.3) is 10.9 Å². The van der Waals surface area contributed by atoms with Gasteiger partial charge in [0.15, 0.2) is 0 Å². The summed E-state index contributed by atoms with van der Waals surface area (Å²) in [6.07, 6.45) is 1.58. The van der Waals surface area contributed by atoms with Gasteiger partial charge in [-0.3, -0.25) is 14.2 Å². The number of nitrogens with zero attached hydrogens (tertiary/aromatic N) is 3. The topological polar surface area (TPSA) is 115 Å². The molecular weight excluding hydrogens is 382 g/mol. The van der Waals surface area contributed by atoms with Crippen molar-refractivity contribution >= 4 is 32.9 Å². The Hall–Kier alpha value is -2.98. The fraction of sp³-hybridized carbons (Fsp3) is 0.278. The maximum absolute atomic E-state index is 12.4. The lowest BCUT2D eigenvalue weighted by atomic mass is 10.1. The first-order chi connectivity index (χ1) is 13.3. The number of carbonyl (C=O) groups is 1. The van der Waals surface area contributed by atoms with Crippen molar-refractivity contribution in [2.45, 2.75) is 18.7 Å². The van der Waals surface area contributed by atoms with Crippen molar-refractivity contribution in [2.24, 2.45) is 7.05 Å². The molecule has 1 unspecified atom stereocenters. The number of amides is 2. The summed E-state index contributed by atoms with van der Waals surface area (Å²) in [6, 6.07) is 10.5. The van der Waals surface area contributed by atoms with Gasteiger partial charge in [0.2, 0.25) is 0 Å². The molecule has 1 atom stereocenters. The smallest absolute Gasteiger partial charge is 0.320 e. The summed E-state index contributed by atoms with van der Waals surface area (Å²) in [5.41, 5.74) is 1.76. The fourth-order valence-electron chi connectivity index (χ4n) is 2.86. The second-order valence-electron chi connectivity index (χ2n) is 6.26. The van der Waals surface area contributed by atoms with Gasteiger partial charge in [-0.25, -0.2) is 9.78 Å². The average molecular weight is 403 g/mol. The van der Waals surface area contributed by atoms with Crippen LogP contribution in [0.2, 0.25) is 0 Å². The lowest BCUT2D eigenvalue weighted by molar-refractivity contribution is 0.249. The number of pyridine rings is 1. The minimum atomic E-state index is -3.79. The van der Waals surface area contributed by atoms with E-state index < -0.39 is 21.9 Å². The molecule has 148 valence electrons. The van der Waals surface area contributed by atoms with E-state index in [1.54, 1.807) is 19.3 Å². The van der Waals surface area contributed by atoms with Crippen LogP contribution in [-0.2, 0) is 27.1 Å². The summed E-state index contributed by atoms with van der Waals surface area (Å²) in [4.78, 5) is 16.7. The highest BCUT2D eigenvalue weighted by Gasteiger charge is 2.19. The Morgan fingerprint density at radius 2 is 2.00 bits per heavy atom. The molecule has 2 aromatic heterocycles. The van der Waals surface area contributed by atoms with Gasteiger partial charge in [0.05, 0.1) is 30.6 Å². The Kier molecular flexibility index (Phi) is 5.61. The van der Waals surface area contributed by atoms with Crippen LogP contribution in [0.4, 0.5) is 10.6 Å². The standard InChI is InChI=1S/C18H21N5O4S/c1-12(13-7-5-4-6-8-13)20-18(24)22-16-9-14-10-19-23(2)17(14)15(21-16)11-28(25,26)27-3/h4-10,12H,11H2,1-3H3,(H2,20,21,22,24). The van der Waals surface area contributed by atoms with Gasteiger partial charge in [0.1, 0.15) is 11.6 Å². The van der Waals surface area contributed by atoms with Crippen LogP contribution in [0.5, 0.6) is 0 Å². The molecule has 3 rings (SSSR count). The number of anilines is 1. The van der Waals surface area contributed by atoms with Gasteiger partial charge in [0.25, 0.3) is 10.1 Å². The van der Waals surface area contributed by atoms with Crippen LogP contribution in [0.3, 0.4) is 0 Å². The van der Waals surface area contributed by atoms with Crippen LogP contribution in [-0.4, -0.2) is 36.3 Å². The third-order valence-electron chi connectivity index (χ3n) is 4.24. The number of aryl methyl sites for hydroxylation is 1. The van der Waals surface area contributed by atoms with E-state index in [4.69, 9.17) is 0 Å². The number of nitrogens with one attached hydrogen (secondary N) is 2. The Morgan fingerprint density at radius 3 is 2.68 bits per heavy atom. The van der Waals surface area contributed by atoms with Crippen molar-refractivity contribution in [2.75, 3.05) is 12.4 Å². The predicted octanol–water partition coefficient (Wildman–Crippen LogP) is 2.33. The van der Waals surface area contributed by atoms with E-state index in [0.717, 1.165) is 12.7 Å². The van der Waals surface area contributed by atoms with Crippen LogP contribution >= 0.6 is 0 Å². The maximum atomic E-state index is 12.4. The minimum Gasteiger partial charge on any atom is -0.331 e. The van der Waals surface area contributed by atoms with Crippen molar-refractivity contribution in [3.8, 4) is 0 Å². The number of fused-ring (bicyclic) bond motifs is 1. The Bertz CT molecular complexity index is 1100. The second kappa shape index (κ2) is 7.95. The molecule has 0 aliphatic rings. The van der Waals surface area contributed by atoms with E-state index in [1.807, 2.05) is 37.3 Å². The summed E-state index contributed by atoms with van der Waals surface area (Å²) in [5.74, 6) is -0.212. The molecule has 0 bridgehead atoms. The number of carbonyl (C=O) groups excluding carboxylic acids is 1. The van der Waals surface area contributed by atoms with Crippen LogP contribution in [0.15, 0.2) is 42.6 Å². The quantitative estimate of drug-likeness (QED) is 0.611. The molecule has 0 spiro atoms. The molecule has 2 amide bonds. The van der Waals surface area contributed by atoms with E-state index in [0.29, 0.717) is 10.9 Å². The number of urea groups is 1. The largest absolute Gasteiger partial charge is 0.331 e. The summed E-state index contributed by atoms with van der Waals surface area (Å²) >= 11 is 0. The molecule has 0 aliphatic heterocycles. The first-order valence-electron chi connectivity index (χ1n) is 8.51. The molecule has 28 heavy (non-hydrogen) atoms. The Labute approximate surface area is 162 Å². The molecule has 9 nitrogen and oxygen atoms in total. The minimum absolute atomic E-state index is 0.211. The zero-order valence-electron chi connectivity index (χ0n) is 15.7. The molecule has 0 aliphatic carbocycles. The van der Waals surface area contributed by atoms with E-state index in [-0.39, 0.29) is 17.6 Å². The zero-order chi connectivity index (χ0) is 20.3. The monoisotopic (exact) mass is 403 g/mol. The normalized spacial score (nSPS) is 12.7. The third kappa shape index (κ3) is 4.46.